The molecule has 0 aliphatic carbocycles. The summed E-state index contributed by atoms with van der Waals surface area (Å²) >= 11 is 0. The molecule has 0 saturated carbocycles. The van der Waals surface area contributed by atoms with E-state index in [9.17, 15) is 0 Å². The largest absolute Gasteiger partial charge is 0.489 e. The van der Waals surface area contributed by atoms with Crippen LogP contribution < -0.4 is 10.5 Å². The fraction of sp³-hybridized carbons (Fsp3) is 0.235. The quantitative estimate of drug-likeness (QED) is 0.382. The van der Waals surface area contributed by atoms with Crippen LogP contribution in [0.1, 0.15) is 36.5 Å². The first kappa shape index (κ1) is 14.9. The Morgan fingerprint density at radius 2 is 1.71 bits per heavy atom. The number of nitrogens with two attached hydrogens (primary N) is 1. The molecule has 0 atom stereocenters. The highest BCUT2D eigenvalue weighted by atomic mass is 16.5. The summed E-state index contributed by atoms with van der Waals surface area (Å²) in [5.41, 5.74) is 8.52. The van der Waals surface area contributed by atoms with E-state index >= 15 is 0 Å². The normalized spacial score (nSPS) is 11.7. The van der Waals surface area contributed by atoms with Gasteiger partial charge in [-0.2, -0.15) is 0 Å². The molecule has 0 spiro atoms. The molecule has 0 amide bonds. The predicted molar refractivity (Wildman–Crippen MR) is 83.8 cm³/mol. The van der Waals surface area contributed by atoms with Gasteiger partial charge in [0.25, 0.3) is 0 Å². The molecule has 2 rings (SSSR count). The van der Waals surface area contributed by atoms with Gasteiger partial charge in [-0.05, 0) is 29.2 Å². The fourth-order valence-corrected chi connectivity index (χ4v) is 1.95. The lowest BCUT2D eigenvalue weighted by Crippen LogP contribution is -2.12. The molecule has 3 N–H and O–H groups in total. The summed E-state index contributed by atoms with van der Waals surface area (Å²) in [6, 6.07) is 15.5. The highest BCUT2D eigenvalue weighted by Gasteiger charge is 2.02. The smallest absolute Gasteiger partial charge is 0.170 e. The van der Waals surface area contributed by atoms with Gasteiger partial charge in [0.05, 0.1) is 0 Å². The van der Waals surface area contributed by atoms with Crippen LogP contribution in [-0.2, 0) is 6.61 Å². The van der Waals surface area contributed by atoms with Crippen molar-refractivity contribution in [1.82, 2.24) is 0 Å². The maximum absolute atomic E-state index is 8.61. The zero-order valence-electron chi connectivity index (χ0n) is 12.3. The van der Waals surface area contributed by atoms with Gasteiger partial charge >= 0.3 is 0 Å². The van der Waals surface area contributed by atoms with Crippen molar-refractivity contribution in [2.45, 2.75) is 26.4 Å². The summed E-state index contributed by atoms with van der Waals surface area (Å²) in [5, 5.41) is 11.6. The molecule has 21 heavy (non-hydrogen) atoms. The number of ether oxygens (including phenoxy) is 1. The Morgan fingerprint density at radius 3 is 2.24 bits per heavy atom. The van der Waals surface area contributed by atoms with Crippen molar-refractivity contribution in [2.75, 3.05) is 0 Å². The SMILES string of the molecule is CC(C)c1ccc(OCc2ccc(/C(N)=N/O)cc2)cc1. The zero-order valence-corrected chi connectivity index (χ0v) is 12.3. The number of rotatable bonds is 5. The monoisotopic (exact) mass is 284 g/mol. The second kappa shape index (κ2) is 6.79. The number of hydrogen-bond donors (Lipinski definition) is 2. The van der Waals surface area contributed by atoms with E-state index in [0.29, 0.717) is 18.1 Å². The van der Waals surface area contributed by atoms with Gasteiger partial charge in [0.2, 0.25) is 0 Å². The lowest BCUT2D eigenvalue weighted by atomic mass is 10.0. The van der Waals surface area contributed by atoms with Gasteiger partial charge in [0, 0.05) is 5.56 Å². The zero-order chi connectivity index (χ0) is 15.2. The summed E-state index contributed by atoms with van der Waals surface area (Å²) < 4.78 is 5.74. The topological polar surface area (TPSA) is 67.8 Å². The van der Waals surface area contributed by atoms with Crippen LogP contribution in [0.25, 0.3) is 0 Å². The third kappa shape index (κ3) is 3.99. The van der Waals surface area contributed by atoms with Gasteiger partial charge in [0.1, 0.15) is 12.4 Å². The first-order valence-corrected chi connectivity index (χ1v) is 6.89. The summed E-state index contributed by atoms with van der Waals surface area (Å²) in [4.78, 5) is 0. The summed E-state index contributed by atoms with van der Waals surface area (Å²) in [6.45, 7) is 4.81. The van der Waals surface area contributed by atoms with Gasteiger partial charge < -0.3 is 15.7 Å². The lowest BCUT2D eigenvalue weighted by Gasteiger charge is -2.09. The van der Waals surface area contributed by atoms with E-state index in [2.05, 4.69) is 31.1 Å². The number of hydrogen-bond acceptors (Lipinski definition) is 3. The molecule has 0 fully saturated rings. The molecule has 110 valence electrons. The van der Waals surface area contributed by atoms with Crippen LogP contribution in [0.4, 0.5) is 0 Å². The molecule has 0 bridgehead atoms. The van der Waals surface area contributed by atoms with Gasteiger partial charge in [-0.15, -0.1) is 0 Å². The van der Waals surface area contributed by atoms with Crippen LogP contribution in [0.2, 0.25) is 0 Å². The molecule has 0 unspecified atom stereocenters. The van der Waals surface area contributed by atoms with Crippen LogP contribution >= 0.6 is 0 Å². The van der Waals surface area contributed by atoms with E-state index in [1.54, 1.807) is 12.1 Å². The molecule has 0 aliphatic heterocycles. The second-order valence-electron chi connectivity index (χ2n) is 5.19. The molecule has 0 saturated heterocycles. The maximum atomic E-state index is 8.61. The van der Waals surface area contributed by atoms with Crippen molar-refractivity contribution in [1.29, 1.82) is 0 Å². The Balaban J connectivity index is 1.96. The minimum atomic E-state index is 0.103. The van der Waals surface area contributed by atoms with Gasteiger partial charge in [-0.25, -0.2) is 0 Å². The molecule has 4 nitrogen and oxygen atoms in total. The van der Waals surface area contributed by atoms with E-state index in [-0.39, 0.29) is 5.84 Å². The maximum Gasteiger partial charge on any atom is 0.170 e. The third-order valence-corrected chi connectivity index (χ3v) is 3.31. The van der Waals surface area contributed by atoms with E-state index in [1.807, 2.05) is 24.3 Å². The Morgan fingerprint density at radius 1 is 1.10 bits per heavy atom. The average molecular weight is 284 g/mol. The Bertz CT molecular complexity index is 602. The van der Waals surface area contributed by atoms with Crippen molar-refractivity contribution in [3.63, 3.8) is 0 Å². The van der Waals surface area contributed by atoms with Crippen LogP contribution in [0.5, 0.6) is 5.75 Å². The second-order valence-corrected chi connectivity index (χ2v) is 5.19. The Hall–Kier alpha value is -2.49. The Kier molecular flexibility index (Phi) is 4.82. The molecule has 4 heteroatoms. The standard InChI is InChI=1S/C17H20N2O2/c1-12(2)14-7-9-16(10-8-14)21-11-13-3-5-15(6-4-13)17(18)19-20/h3-10,12,20H,11H2,1-2H3,(H2,18,19). The van der Waals surface area contributed by atoms with E-state index in [0.717, 1.165) is 11.3 Å². The number of benzene rings is 2. The molecule has 0 radical (unpaired) electrons. The highest BCUT2D eigenvalue weighted by Crippen LogP contribution is 2.19. The summed E-state index contributed by atoms with van der Waals surface area (Å²) in [7, 11) is 0. The minimum Gasteiger partial charge on any atom is -0.489 e. The molecule has 0 aliphatic rings. The van der Waals surface area contributed by atoms with Crippen LogP contribution in [0.15, 0.2) is 53.7 Å². The van der Waals surface area contributed by atoms with Crippen molar-refractivity contribution < 1.29 is 9.94 Å². The van der Waals surface area contributed by atoms with Crippen LogP contribution in [0, 0.1) is 0 Å². The third-order valence-electron chi connectivity index (χ3n) is 3.31. The fourth-order valence-electron chi connectivity index (χ4n) is 1.95. The van der Waals surface area contributed by atoms with Crippen molar-refractivity contribution >= 4 is 5.84 Å². The van der Waals surface area contributed by atoms with Crippen LogP contribution in [0.3, 0.4) is 0 Å². The molecule has 0 aromatic heterocycles. The van der Waals surface area contributed by atoms with E-state index in [1.165, 1.54) is 5.56 Å². The summed E-state index contributed by atoms with van der Waals surface area (Å²) in [6.07, 6.45) is 0. The van der Waals surface area contributed by atoms with Crippen LogP contribution in [-0.4, -0.2) is 11.0 Å². The Labute approximate surface area is 124 Å². The summed E-state index contributed by atoms with van der Waals surface area (Å²) in [5.74, 6) is 1.47. The first-order valence-electron chi connectivity index (χ1n) is 6.89. The number of nitrogens with zero attached hydrogens (tertiary/aromatic N) is 1. The van der Waals surface area contributed by atoms with Crippen molar-refractivity contribution in [2.24, 2.45) is 10.9 Å². The van der Waals surface area contributed by atoms with Gasteiger partial charge in [-0.3, -0.25) is 0 Å². The molecule has 0 heterocycles. The first-order chi connectivity index (χ1) is 10.1. The lowest BCUT2D eigenvalue weighted by molar-refractivity contribution is 0.306. The molecule has 2 aromatic rings. The molecule has 2 aromatic carbocycles. The number of amidine groups is 1. The predicted octanol–water partition coefficient (Wildman–Crippen LogP) is 3.48. The van der Waals surface area contributed by atoms with Gasteiger partial charge in [0.15, 0.2) is 5.84 Å². The van der Waals surface area contributed by atoms with Crippen molar-refractivity contribution in [3.8, 4) is 5.75 Å². The molecular formula is C17H20N2O2. The van der Waals surface area contributed by atoms with E-state index < -0.39 is 0 Å². The van der Waals surface area contributed by atoms with Gasteiger partial charge in [-0.1, -0.05) is 55.4 Å². The molecular weight excluding hydrogens is 264 g/mol. The van der Waals surface area contributed by atoms with E-state index in [4.69, 9.17) is 15.7 Å². The minimum absolute atomic E-state index is 0.103. The van der Waals surface area contributed by atoms with Crippen molar-refractivity contribution in [3.05, 3.63) is 65.2 Å². The highest BCUT2D eigenvalue weighted by molar-refractivity contribution is 5.96. The average Bonchev–Trinajstić information content (AvgIpc) is 2.53. The number of oxime groups is 1.